The van der Waals surface area contributed by atoms with Crippen molar-refractivity contribution in [2.24, 2.45) is 0 Å². The molecule has 1 aromatic carbocycles. The maximum atomic E-state index is 12.2. The van der Waals surface area contributed by atoms with Crippen LogP contribution in [0.2, 0.25) is 0 Å². The molecule has 2 aliphatic carbocycles. The van der Waals surface area contributed by atoms with Crippen molar-refractivity contribution in [3.05, 3.63) is 23.3 Å². The van der Waals surface area contributed by atoms with Crippen LogP contribution in [-0.4, -0.2) is 19.6 Å². The van der Waals surface area contributed by atoms with Gasteiger partial charge < -0.3 is 9.29 Å². The topological polar surface area (TPSA) is 66.4 Å². The number of benzene rings is 1. The first-order valence-electron chi connectivity index (χ1n) is 9.77. The second-order valence-corrected chi connectivity index (χ2v) is 8.80. The Kier molecular flexibility index (Phi) is 6.05. The summed E-state index contributed by atoms with van der Waals surface area (Å²) in [5.41, 5.74) is 1.45. The van der Waals surface area contributed by atoms with Crippen molar-refractivity contribution in [1.82, 2.24) is 0 Å². The normalized spacial score (nSPS) is 20.6. The van der Waals surface area contributed by atoms with Crippen LogP contribution in [0.5, 0.6) is 5.75 Å². The van der Waals surface area contributed by atoms with Gasteiger partial charge in [0.15, 0.2) is 0 Å². The summed E-state index contributed by atoms with van der Waals surface area (Å²) in [4.78, 5) is 0.0785. The minimum absolute atomic E-state index is 0.0785. The van der Waals surface area contributed by atoms with E-state index in [1.807, 2.05) is 19.1 Å². The first kappa shape index (κ1) is 18.7. The van der Waals surface area contributed by atoms with Crippen LogP contribution in [0.1, 0.15) is 94.1 Å². The van der Waals surface area contributed by atoms with Crippen LogP contribution in [-0.2, 0) is 10.1 Å². The molecule has 0 saturated heterocycles. The van der Waals surface area contributed by atoms with Gasteiger partial charge in [-0.25, -0.2) is 8.42 Å². The van der Waals surface area contributed by atoms with Crippen molar-refractivity contribution < 1.29 is 17.7 Å². The van der Waals surface area contributed by atoms with Crippen molar-refractivity contribution in [3.63, 3.8) is 0 Å². The monoisotopic (exact) mass is 365 g/mol. The summed E-state index contributed by atoms with van der Waals surface area (Å²) in [6.45, 7) is 2.47. The van der Waals surface area contributed by atoms with Gasteiger partial charge in [0.1, 0.15) is 15.9 Å². The quantitative estimate of drug-likeness (QED) is 0.682. The van der Waals surface area contributed by atoms with Gasteiger partial charge in [-0.3, -0.25) is 0 Å². The lowest BCUT2D eigenvalue weighted by Gasteiger charge is -2.31. The highest BCUT2D eigenvalue weighted by Crippen LogP contribution is 2.44. The molecule has 0 radical (unpaired) electrons. The molecule has 0 N–H and O–H groups in total. The zero-order valence-corrected chi connectivity index (χ0v) is 15.9. The third-order valence-corrected chi connectivity index (χ3v) is 6.74. The summed E-state index contributed by atoms with van der Waals surface area (Å²) < 4.78 is 42.4. The third kappa shape index (κ3) is 4.37. The molecule has 2 fully saturated rings. The van der Waals surface area contributed by atoms with Crippen LogP contribution < -0.4 is 4.74 Å². The highest BCUT2D eigenvalue weighted by Gasteiger charge is 2.28. The molecule has 0 aromatic heterocycles. The molecule has 0 aliphatic heterocycles. The fourth-order valence-corrected chi connectivity index (χ4v) is 5.65. The van der Waals surface area contributed by atoms with Gasteiger partial charge in [-0.15, -0.1) is 0 Å². The number of ether oxygens (including phenoxy) is 1. The largest absolute Gasteiger partial charge is 0.744 e. The first-order chi connectivity index (χ1) is 12.0. The molecule has 25 heavy (non-hydrogen) atoms. The summed E-state index contributed by atoms with van der Waals surface area (Å²) in [5, 5.41) is 0. The lowest BCUT2D eigenvalue weighted by Crippen LogP contribution is -2.17. The Bertz CT molecular complexity index is 645. The molecule has 0 heterocycles. The van der Waals surface area contributed by atoms with Crippen molar-refractivity contribution in [2.45, 2.75) is 87.9 Å². The van der Waals surface area contributed by atoms with Gasteiger partial charge in [0.2, 0.25) is 0 Å². The Morgan fingerprint density at radius 3 is 1.72 bits per heavy atom. The zero-order chi connectivity index (χ0) is 17.9. The van der Waals surface area contributed by atoms with E-state index >= 15 is 0 Å². The molecule has 0 atom stereocenters. The first-order valence-corrected chi connectivity index (χ1v) is 11.2. The fraction of sp³-hybridized carbons (Fsp3) is 0.700. The van der Waals surface area contributed by atoms with E-state index in [9.17, 15) is 13.0 Å². The standard InChI is InChI=1S/C20H30O4S/c1-2-24-17-13-18(15-9-5-3-6-10-15)20(25(21,22)23)19(14-17)16-11-7-4-8-12-16/h13-16H,2-12H2,1H3,(H,21,22,23)/p-1. The Balaban J connectivity index is 2.14. The summed E-state index contributed by atoms with van der Waals surface area (Å²) >= 11 is 0. The molecule has 0 amide bonds. The van der Waals surface area contributed by atoms with E-state index in [0.29, 0.717) is 6.61 Å². The summed E-state index contributed by atoms with van der Waals surface area (Å²) in [7, 11) is -4.50. The number of hydrogen-bond donors (Lipinski definition) is 0. The number of hydrogen-bond acceptors (Lipinski definition) is 4. The molecule has 2 aliphatic rings. The van der Waals surface area contributed by atoms with Gasteiger partial charge in [0, 0.05) is 0 Å². The average molecular weight is 366 g/mol. The molecule has 0 spiro atoms. The number of rotatable bonds is 5. The van der Waals surface area contributed by atoms with Crippen LogP contribution in [0.4, 0.5) is 0 Å². The summed E-state index contributed by atoms with van der Waals surface area (Å²) in [5.74, 6) is 1.04. The van der Waals surface area contributed by atoms with E-state index in [2.05, 4.69) is 0 Å². The van der Waals surface area contributed by atoms with E-state index in [-0.39, 0.29) is 16.7 Å². The highest BCUT2D eigenvalue weighted by atomic mass is 32.2. The molecular weight excluding hydrogens is 336 g/mol. The van der Waals surface area contributed by atoms with Gasteiger partial charge in [-0.1, -0.05) is 38.5 Å². The Labute approximate surface area is 151 Å². The van der Waals surface area contributed by atoms with Crippen LogP contribution >= 0.6 is 0 Å². The van der Waals surface area contributed by atoms with Crippen LogP contribution in [0.25, 0.3) is 0 Å². The van der Waals surface area contributed by atoms with E-state index in [4.69, 9.17) is 4.74 Å². The second-order valence-electron chi connectivity index (χ2n) is 7.49. The molecule has 1 aromatic rings. The SMILES string of the molecule is CCOc1cc(C2CCCCC2)c(S(=O)(=O)[O-])c(C2CCCCC2)c1. The molecule has 2 saturated carbocycles. The molecule has 4 nitrogen and oxygen atoms in total. The molecular formula is C20H29O4S-. The third-order valence-electron chi connectivity index (χ3n) is 5.77. The fourth-order valence-electron chi connectivity index (χ4n) is 4.62. The molecule has 0 unspecified atom stereocenters. The van der Waals surface area contributed by atoms with Gasteiger partial charge in [0.05, 0.1) is 11.5 Å². The van der Waals surface area contributed by atoms with E-state index in [1.54, 1.807) is 0 Å². The lowest BCUT2D eigenvalue weighted by atomic mass is 9.79. The second kappa shape index (κ2) is 8.09. The molecule has 140 valence electrons. The summed E-state index contributed by atoms with van der Waals surface area (Å²) in [6.07, 6.45) is 10.6. The van der Waals surface area contributed by atoms with Crippen molar-refractivity contribution in [2.75, 3.05) is 6.61 Å². The lowest BCUT2D eigenvalue weighted by molar-refractivity contribution is 0.336. The summed E-state index contributed by atoms with van der Waals surface area (Å²) in [6, 6.07) is 3.66. The Morgan fingerprint density at radius 1 is 0.920 bits per heavy atom. The average Bonchev–Trinajstić information content (AvgIpc) is 2.62. The highest BCUT2D eigenvalue weighted by molar-refractivity contribution is 7.85. The zero-order valence-electron chi connectivity index (χ0n) is 15.1. The van der Waals surface area contributed by atoms with E-state index in [1.165, 1.54) is 12.8 Å². The van der Waals surface area contributed by atoms with Crippen LogP contribution in [0.3, 0.4) is 0 Å². The predicted molar refractivity (Wildman–Crippen MR) is 97.2 cm³/mol. The Morgan fingerprint density at radius 2 is 1.36 bits per heavy atom. The molecule has 0 bridgehead atoms. The van der Waals surface area contributed by atoms with Crippen LogP contribution in [0, 0.1) is 0 Å². The van der Waals surface area contributed by atoms with Gasteiger partial charge in [0.25, 0.3) is 0 Å². The molecule has 5 heteroatoms. The minimum Gasteiger partial charge on any atom is -0.744 e. The maximum absolute atomic E-state index is 12.2. The van der Waals surface area contributed by atoms with Gasteiger partial charge in [-0.05, 0) is 67.7 Å². The Hall–Kier alpha value is -1.07. The van der Waals surface area contributed by atoms with E-state index < -0.39 is 10.1 Å². The van der Waals surface area contributed by atoms with Crippen molar-refractivity contribution in [1.29, 1.82) is 0 Å². The van der Waals surface area contributed by atoms with Crippen molar-refractivity contribution >= 4 is 10.1 Å². The van der Waals surface area contributed by atoms with Crippen molar-refractivity contribution in [3.8, 4) is 5.75 Å². The molecule has 3 rings (SSSR count). The minimum atomic E-state index is -4.50. The predicted octanol–water partition coefficient (Wildman–Crippen LogP) is 5.08. The smallest absolute Gasteiger partial charge is 0.125 e. The van der Waals surface area contributed by atoms with E-state index in [0.717, 1.165) is 68.2 Å². The van der Waals surface area contributed by atoms with Gasteiger partial charge in [-0.2, -0.15) is 0 Å². The van der Waals surface area contributed by atoms with Crippen LogP contribution in [0.15, 0.2) is 17.0 Å². The van der Waals surface area contributed by atoms with Gasteiger partial charge >= 0.3 is 0 Å². The maximum Gasteiger partial charge on any atom is 0.125 e.